The van der Waals surface area contributed by atoms with Crippen LogP contribution >= 0.6 is 0 Å². The molecule has 1 unspecified atom stereocenters. The second-order valence-electron chi connectivity index (χ2n) is 11.1. The Morgan fingerprint density at radius 2 is 1.97 bits per heavy atom. The van der Waals surface area contributed by atoms with E-state index < -0.39 is 23.6 Å². The number of alkyl halides is 5. The molecule has 210 valence electrons. The van der Waals surface area contributed by atoms with E-state index >= 15 is 0 Å². The predicted octanol–water partition coefficient (Wildman–Crippen LogP) is 6.25. The molecule has 2 atom stereocenters. The third kappa shape index (κ3) is 6.40. The maximum atomic E-state index is 14.0. The summed E-state index contributed by atoms with van der Waals surface area (Å²) in [5.74, 6) is -2.31. The largest absolute Gasteiger partial charge is 0.418 e. The Kier molecular flexibility index (Phi) is 7.63. The average molecular weight is 549 g/mol. The van der Waals surface area contributed by atoms with E-state index in [0.29, 0.717) is 29.5 Å². The summed E-state index contributed by atoms with van der Waals surface area (Å²) >= 11 is 0. The summed E-state index contributed by atoms with van der Waals surface area (Å²) in [7, 11) is 1.76. The van der Waals surface area contributed by atoms with E-state index in [2.05, 4.69) is 32.3 Å². The number of aryl methyl sites for hydroxylation is 1. The minimum atomic E-state index is -4.54. The number of rotatable bonds is 8. The van der Waals surface area contributed by atoms with Crippen LogP contribution in [0.4, 0.5) is 27.6 Å². The molecule has 2 aromatic heterocycles. The zero-order valence-electron chi connectivity index (χ0n) is 22.1. The molecular weight excluding hydrogens is 515 g/mol. The van der Waals surface area contributed by atoms with Gasteiger partial charge in [0.2, 0.25) is 5.92 Å². The fourth-order valence-corrected chi connectivity index (χ4v) is 5.87. The Morgan fingerprint density at radius 1 is 1.18 bits per heavy atom. The normalized spacial score (nSPS) is 20.9. The van der Waals surface area contributed by atoms with Crippen molar-refractivity contribution in [1.82, 2.24) is 24.6 Å². The highest BCUT2D eigenvalue weighted by Gasteiger charge is 2.50. The first kappa shape index (κ1) is 27.5. The summed E-state index contributed by atoms with van der Waals surface area (Å²) in [5, 5.41) is 11.1. The molecule has 1 aromatic carbocycles. The molecule has 2 fully saturated rings. The van der Waals surface area contributed by atoms with Gasteiger partial charge in [0.1, 0.15) is 12.2 Å². The summed E-state index contributed by atoms with van der Waals surface area (Å²) in [6.07, 6.45) is 0.212. The van der Waals surface area contributed by atoms with E-state index in [0.717, 1.165) is 31.5 Å². The molecule has 2 aliphatic rings. The fraction of sp³-hybridized carbons (Fsp3) is 0.536. The molecule has 3 heterocycles. The number of likely N-dealkylation sites (tertiary alicyclic amines) is 1. The van der Waals surface area contributed by atoms with Crippen LogP contribution in [0.3, 0.4) is 0 Å². The number of hydrogen-bond acceptors (Lipinski definition) is 5. The zero-order chi connectivity index (χ0) is 27.8. The SMILES string of the molecule is C[C@H]1CCCN(Cc2cnc(CNc3cccc(C(c4nncn4C)C4CC(F)(F)C4)c3)c(C(F)(F)F)c2)C1. The van der Waals surface area contributed by atoms with Gasteiger partial charge in [0.25, 0.3) is 0 Å². The van der Waals surface area contributed by atoms with Crippen molar-refractivity contribution in [3.05, 3.63) is 71.1 Å². The first-order chi connectivity index (χ1) is 18.5. The Morgan fingerprint density at radius 3 is 2.64 bits per heavy atom. The predicted molar refractivity (Wildman–Crippen MR) is 137 cm³/mol. The van der Waals surface area contributed by atoms with Gasteiger partial charge < -0.3 is 9.88 Å². The molecule has 1 aliphatic carbocycles. The Bertz CT molecular complexity index is 1280. The van der Waals surface area contributed by atoms with E-state index in [-0.39, 0.29) is 31.0 Å². The topological polar surface area (TPSA) is 58.9 Å². The highest BCUT2D eigenvalue weighted by Crippen LogP contribution is 2.51. The van der Waals surface area contributed by atoms with Crippen LogP contribution in [-0.4, -0.2) is 43.7 Å². The number of halogens is 5. The van der Waals surface area contributed by atoms with Crippen LogP contribution in [0.5, 0.6) is 0 Å². The van der Waals surface area contributed by atoms with E-state index in [9.17, 15) is 22.0 Å². The second kappa shape index (κ2) is 10.8. The minimum Gasteiger partial charge on any atom is -0.379 e. The summed E-state index contributed by atoms with van der Waals surface area (Å²) in [5.41, 5.74) is 1.04. The summed E-state index contributed by atoms with van der Waals surface area (Å²) in [6.45, 7) is 4.22. The van der Waals surface area contributed by atoms with Crippen LogP contribution in [0, 0.1) is 11.8 Å². The average Bonchev–Trinajstić information content (AvgIpc) is 3.27. The highest BCUT2D eigenvalue weighted by molar-refractivity contribution is 5.48. The molecule has 3 aromatic rings. The number of benzene rings is 1. The van der Waals surface area contributed by atoms with Crippen LogP contribution in [0.2, 0.25) is 0 Å². The van der Waals surface area contributed by atoms with Crippen LogP contribution < -0.4 is 5.32 Å². The lowest BCUT2D eigenvalue weighted by Crippen LogP contribution is -2.39. The number of piperidine rings is 1. The number of anilines is 1. The molecule has 1 aliphatic heterocycles. The molecular formula is C28H33F5N6. The zero-order valence-corrected chi connectivity index (χ0v) is 22.1. The number of hydrogen-bond donors (Lipinski definition) is 1. The molecule has 0 radical (unpaired) electrons. The van der Waals surface area contributed by atoms with Gasteiger partial charge in [0.05, 0.1) is 17.8 Å². The van der Waals surface area contributed by atoms with E-state index in [1.165, 1.54) is 18.6 Å². The second-order valence-corrected chi connectivity index (χ2v) is 11.1. The molecule has 1 saturated heterocycles. The molecule has 39 heavy (non-hydrogen) atoms. The molecule has 6 nitrogen and oxygen atoms in total. The third-order valence-electron chi connectivity index (χ3n) is 7.80. The van der Waals surface area contributed by atoms with Crippen molar-refractivity contribution in [1.29, 1.82) is 0 Å². The van der Waals surface area contributed by atoms with Gasteiger partial charge in [-0.1, -0.05) is 19.1 Å². The highest BCUT2D eigenvalue weighted by atomic mass is 19.4. The molecule has 0 amide bonds. The van der Waals surface area contributed by atoms with Gasteiger partial charge in [0.15, 0.2) is 0 Å². The smallest absolute Gasteiger partial charge is 0.379 e. The maximum absolute atomic E-state index is 14.0. The molecule has 11 heteroatoms. The third-order valence-corrected chi connectivity index (χ3v) is 7.80. The Labute approximate surface area is 224 Å². The fourth-order valence-electron chi connectivity index (χ4n) is 5.87. The molecule has 0 bridgehead atoms. The van der Waals surface area contributed by atoms with Crippen LogP contribution in [-0.2, 0) is 26.3 Å². The number of aromatic nitrogens is 4. The van der Waals surface area contributed by atoms with E-state index in [1.807, 2.05) is 6.07 Å². The van der Waals surface area contributed by atoms with Gasteiger partial charge in [-0.15, -0.1) is 10.2 Å². The summed E-state index contributed by atoms with van der Waals surface area (Å²) < 4.78 is 71.2. The first-order valence-electron chi connectivity index (χ1n) is 13.3. The van der Waals surface area contributed by atoms with Crippen molar-refractivity contribution in [3.63, 3.8) is 0 Å². The van der Waals surface area contributed by atoms with E-state index in [1.54, 1.807) is 29.8 Å². The molecule has 5 rings (SSSR count). The van der Waals surface area contributed by atoms with Crippen LogP contribution in [0.25, 0.3) is 0 Å². The van der Waals surface area contributed by atoms with Gasteiger partial charge in [-0.25, -0.2) is 8.78 Å². The number of nitrogens with zero attached hydrogens (tertiary/aromatic N) is 5. The lowest BCUT2D eigenvalue weighted by molar-refractivity contribution is -0.138. The van der Waals surface area contributed by atoms with Crippen LogP contribution in [0.1, 0.15) is 66.7 Å². The van der Waals surface area contributed by atoms with E-state index in [4.69, 9.17) is 0 Å². The first-order valence-corrected chi connectivity index (χ1v) is 13.3. The molecule has 1 saturated carbocycles. The van der Waals surface area contributed by atoms with Gasteiger partial charge in [-0.3, -0.25) is 9.88 Å². The minimum absolute atomic E-state index is 0.0906. The van der Waals surface area contributed by atoms with Crippen molar-refractivity contribution in [2.24, 2.45) is 18.9 Å². The maximum Gasteiger partial charge on any atom is 0.418 e. The number of nitrogens with one attached hydrogen (secondary N) is 1. The van der Waals surface area contributed by atoms with Crippen molar-refractivity contribution in [2.75, 3.05) is 18.4 Å². The quantitative estimate of drug-likeness (QED) is 0.337. The standard InChI is InChI=1S/C28H33F5N6/c1-18-5-4-8-39(15-18)16-19-9-23(28(31,32)33)24(35-13-19)14-34-22-7-3-6-20(10-22)25(21-11-27(29,30)12-21)26-37-36-17-38(26)2/h3,6-7,9-10,13,17-18,21,25,34H,4-5,8,11-12,14-16H2,1-2H3/t18-,25?/m0/s1. The van der Waals surface area contributed by atoms with Crippen molar-refractivity contribution >= 4 is 5.69 Å². The lowest BCUT2D eigenvalue weighted by Gasteiger charge is -2.39. The monoisotopic (exact) mass is 548 g/mol. The van der Waals surface area contributed by atoms with Gasteiger partial charge in [-0.05, 0) is 60.5 Å². The summed E-state index contributed by atoms with van der Waals surface area (Å²) in [6, 6.07) is 8.33. The van der Waals surface area contributed by atoms with Gasteiger partial charge >= 0.3 is 6.18 Å². The Balaban J connectivity index is 1.34. The number of pyridine rings is 1. The van der Waals surface area contributed by atoms with Gasteiger partial charge in [0, 0.05) is 50.8 Å². The Hall–Kier alpha value is -3.08. The van der Waals surface area contributed by atoms with Gasteiger partial charge in [-0.2, -0.15) is 13.2 Å². The van der Waals surface area contributed by atoms with Crippen molar-refractivity contribution in [2.45, 2.75) is 63.7 Å². The molecule has 0 spiro atoms. The molecule has 1 N–H and O–H groups in total. The van der Waals surface area contributed by atoms with Crippen LogP contribution in [0.15, 0.2) is 42.9 Å². The van der Waals surface area contributed by atoms with Crippen molar-refractivity contribution in [3.8, 4) is 0 Å². The van der Waals surface area contributed by atoms with Crippen molar-refractivity contribution < 1.29 is 22.0 Å². The lowest BCUT2D eigenvalue weighted by atomic mass is 9.70. The summed E-state index contributed by atoms with van der Waals surface area (Å²) in [4.78, 5) is 6.39.